The number of nitrogens with zero attached hydrogens (tertiary/aromatic N) is 1. The zero-order valence-electron chi connectivity index (χ0n) is 29.2. The molecule has 2 N–H and O–H groups in total. The number of benzene rings is 4. The molecule has 0 saturated carbocycles. The molecule has 3 bridgehead atoms. The van der Waals surface area contributed by atoms with E-state index in [9.17, 15) is 29.1 Å². The fourth-order valence-corrected chi connectivity index (χ4v) is 7.07. The van der Waals surface area contributed by atoms with Crippen molar-refractivity contribution in [3.05, 3.63) is 149 Å². The molecule has 12 heteroatoms. The van der Waals surface area contributed by atoms with E-state index in [-0.39, 0.29) is 44.1 Å². The lowest BCUT2D eigenvalue weighted by Gasteiger charge is -2.38. The summed E-state index contributed by atoms with van der Waals surface area (Å²) in [7, 11) is 0. The summed E-state index contributed by atoms with van der Waals surface area (Å²) in [5.41, 5.74) is 2.11. The first kappa shape index (κ1) is 36.1. The molecule has 276 valence electrons. The van der Waals surface area contributed by atoms with Crippen LogP contribution in [0.2, 0.25) is 0 Å². The lowest BCUT2D eigenvalue weighted by Crippen LogP contribution is -2.46. The van der Waals surface area contributed by atoms with Gasteiger partial charge in [0.05, 0.1) is 24.2 Å². The summed E-state index contributed by atoms with van der Waals surface area (Å²) in [6.45, 7) is -0.114. The molecule has 3 aliphatic heterocycles. The highest BCUT2D eigenvalue weighted by molar-refractivity contribution is 5.99. The van der Waals surface area contributed by atoms with Gasteiger partial charge in [0, 0.05) is 35.1 Å². The number of ether oxygens (including phenoxy) is 4. The third kappa shape index (κ3) is 7.74. The number of carbonyl (C=O) groups excluding carboxylic acids is 5. The van der Waals surface area contributed by atoms with E-state index < -0.39 is 54.2 Å². The Morgan fingerprint density at radius 3 is 2.31 bits per heavy atom. The first-order chi connectivity index (χ1) is 26.3. The van der Waals surface area contributed by atoms with Gasteiger partial charge in [-0.1, -0.05) is 78.9 Å². The van der Waals surface area contributed by atoms with Crippen molar-refractivity contribution in [3.8, 4) is 5.75 Å². The number of esters is 3. The molecule has 4 aromatic rings. The van der Waals surface area contributed by atoms with Crippen LogP contribution in [0.5, 0.6) is 5.75 Å². The molecule has 0 spiro atoms. The number of rotatable bonds is 4. The second-order valence-electron chi connectivity index (χ2n) is 13.2. The van der Waals surface area contributed by atoms with Crippen molar-refractivity contribution in [2.75, 3.05) is 13.2 Å². The van der Waals surface area contributed by atoms with Crippen LogP contribution in [-0.4, -0.2) is 71.1 Å². The number of hydrogen-bond donors (Lipinski definition) is 2. The van der Waals surface area contributed by atoms with Gasteiger partial charge in [0.25, 0.3) is 11.8 Å². The number of allylic oxidation sites excluding steroid dienone is 1. The molecule has 2 amide bonds. The largest absolute Gasteiger partial charge is 0.489 e. The lowest BCUT2D eigenvalue weighted by atomic mass is 9.87. The van der Waals surface area contributed by atoms with Gasteiger partial charge in [0.1, 0.15) is 31.2 Å². The summed E-state index contributed by atoms with van der Waals surface area (Å²) in [4.78, 5) is 69.2. The van der Waals surface area contributed by atoms with E-state index in [1.54, 1.807) is 115 Å². The van der Waals surface area contributed by atoms with E-state index in [0.717, 1.165) is 0 Å². The molecule has 0 aliphatic carbocycles. The molecular weight excluding hydrogens is 692 g/mol. The molecule has 0 unspecified atom stereocenters. The fourth-order valence-electron chi connectivity index (χ4n) is 7.07. The number of carbonyl (C=O) groups is 5. The summed E-state index contributed by atoms with van der Waals surface area (Å²) in [6.07, 6.45) is 0.174. The van der Waals surface area contributed by atoms with Crippen LogP contribution >= 0.6 is 0 Å². The molecule has 7 rings (SSSR count). The van der Waals surface area contributed by atoms with E-state index in [4.69, 9.17) is 18.9 Å². The number of cyclic esters (lactones) is 1. The summed E-state index contributed by atoms with van der Waals surface area (Å²) < 4.78 is 23.7. The van der Waals surface area contributed by atoms with Crippen LogP contribution in [0.3, 0.4) is 0 Å². The molecule has 0 radical (unpaired) electrons. The molecular formula is C42H38N2O10. The van der Waals surface area contributed by atoms with E-state index >= 15 is 0 Å². The van der Waals surface area contributed by atoms with Crippen LogP contribution in [0.4, 0.5) is 0 Å². The number of aliphatic hydroxyl groups is 1. The van der Waals surface area contributed by atoms with Crippen LogP contribution in [0, 0.1) is 0 Å². The molecule has 54 heavy (non-hydrogen) atoms. The standard InChI is InChI=1S/C42H38N2O10/c45-34-21-8-3-11-22-51-33-20-10-9-18-30(33)36(43-39(47)26-13-4-1-5-14-26)37(46)42(50)53-29-23-32-38(54-41(49)27-15-6-2-7-16-27)35-28(25-52-34)17-12-19-31(35)40(48)44(32)24-29/h1-7,9-20,29,32,36-38,46H,8,21-25H2,(H,43,47)/b11-3-/t29-,32+,36-,37+,38+/m0/s1. The highest BCUT2D eigenvalue weighted by Gasteiger charge is 2.50. The van der Waals surface area contributed by atoms with E-state index in [1.165, 1.54) is 4.90 Å². The van der Waals surface area contributed by atoms with Crippen LogP contribution in [0.15, 0.2) is 115 Å². The van der Waals surface area contributed by atoms with Crippen molar-refractivity contribution < 1.29 is 48.0 Å². The quantitative estimate of drug-likeness (QED) is 0.166. The smallest absolute Gasteiger partial charge is 0.338 e. The van der Waals surface area contributed by atoms with Gasteiger partial charge in [0.2, 0.25) is 0 Å². The van der Waals surface area contributed by atoms with Crippen LogP contribution in [-0.2, 0) is 30.4 Å². The summed E-state index contributed by atoms with van der Waals surface area (Å²) >= 11 is 0. The lowest BCUT2D eigenvalue weighted by molar-refractivity contribution is -0.160. The van der Waals surface area contributed by atoms with Crippen molar-refractivity contribution >= 4 is 29.7 Å². The van der Waals surface area contributed by atoms with Gasteiger partial charge in [-0.15, -0.1) is 0 Å². The molecule has 0 aromatic heterocycles. The fraction of sp³-hybridized carbons (Fsp3) is 0.262. The monoisotopic (exact) mass is 730 g/mol. The van der Waals surface area contributed by atoms with Crippen molar-refractivity contribution in [3.63, 3.8) is 0 Å². The Labute approximate surface area is 311 Å². The molecule has 3 heterocycles. The summed E-state index contributed by atoms with van der Waals surface area (Å²) in [5.74, 6) is -2.74. The van der Waals surface area contributed by atoms with Gasteiger partial charge in [-0.05, 0) is 48.4 Å². The predicted molar refractivity (Wildman–Crippen MR) is 193 cm³/mol. The molecule has 4 aromatic carbocycles. The maximum atomic E-state index is 14.0. The normalized spacial score (nSPS) is 23.5. The van der Waals surface area contributed by atoms with Crippen LogP contribution in [0.25, 0.3) is 0 Å². The third-order valence-corrected chi connectivity index (χ3v) is 9.69. The van der Waals surface area contributed by atoms with Gasteiger partial charge in [-0.25, -0.2) is 9.59 Å². The third-order valence-electron chi connectivity index (χ3n) is 9.69. The highest BCUT2D eigenvalue weighted by Crippen LogP contribution is 2.43. The van der Waals surface area contributed by atoms with Gasteiger partial charge in [-0.3, -0.25) is 14.4 Å². The second-order valence-corrected chi connectivity index (χ2v) is 13.2. The van der Waals surface area contributed by atoms with E-state index in [1.807, 2.05) is 0 Å². The Morgan fingerprint density at radius 2 is 1.54 bits per heavy atom. The number of fused-ring (bicyclic) bond motifs is 2. The van der Waals surface area contributed by atoms with Crippen molar-refractivity contribution in [1.29, 1.82) is 0 Å². The van der Waals surface area contributed by atoms with Crippen molar-refractivity contribution in [1.82, 2.24) is 10.2 Å². The Kier molecular flexibility index (Phi) is 10.8. The molecule has 1 saturated heterocycles. The summed E-state index contributed by atoms with van der Waals surface area (Å²) in [6, 6.07) is 26.4. The zero-order valence-corrected chi connectivity index (χ0v) is 29.2. The van der Waals surface area contributed by atoms with E-state index in [0.29, 0.717) is 40.0 Å². The van der Waals surface area contributed by atoms with Crippen molar-refractivity contribution in [2.45, 2.75) is 56.3 Å². The number of aliphatic hydroxyl groups excluding tert-OH is 1. The van der Waals surface area contributed by atoms with Gasteiger partial charge in [-0.2, -0.15) is 0 Å². The number of amides is 2. The topological polar surface area (TPSA) is 158 Å². The number of nitrogens with one attached hydrogen (secondary N) is 1. The molecule has 3 aliphatic rings. The summed E-state index contributed by atoms with van der Waals surface area (Å²) in [5, 5.41) is 14.4. The van der Waals surface area contributed by atoms with Gasteiger partial charge >= 0.3 is 17.9 Å². The minimum absolute atomic E-state index is 0.0485. The van der Waals surface area contributed by atoms with E-state index in [2.05, 4.69) is 5.32 Å². The number of hydrogen-bond acceptors (Lipinski definition) is 10. The first-order valence-corrected chi connectivity index (χ1v) is 17.7. The average molecular weight is 731 g/mol. The SMILES string of the molecule is O=C1CC/C=C\COc2ccccc2[C@H](NC(=O)c2ccccc2)[C@@H](O)C(=O)O[C@H]2C[C@@H]3[C@@H](OC(=O)c4ccccc4)c4c(cccc4C(=O)N3C2)CO1. The predicted octanol–water partition coefficient (Wildman–Crippen LogP) is 5.03. The Bertz CT molecular complexity index is 2070. The average Bonchev–Trinajstić information content (AvgIpc) is 3.63. The minimum atomic E-state index is -1.89. The van der Waals surface area contributed by atoms with Crippen LogP contribution in [0.1, 0.15) is 79.2 Å². The molecule has 12 nitrogen and oxygen atoms in total. The maximum Gasteiger partial charge on any atom is 0.338 e. The van der Waals surface area contributed by atoms with Crippen LogP contribution < -0.4 is 10.1 Å². The molecule has 5 atom stereocenters. The Morgan fingerprint density at radius 1 is 0.815 bits per heavy atom. The number of para-hydroxylation sites is 1. The first-order valence-electron chi connectivity index (χ1n) is 17.7. The van der Waals surface area contributed by atoms with Crippen molar-refractivity contribution in [2.24, 2.45) is 0 Å². The zero-order chi connectivity index (χ0) is 37.6. The Balaban J connectivity index is 1.24. The highest BCUT2D eigenvalue weighted by atomic mass is 16.6. The Hall–Kier alpha value is -6.27. The van der Waals surface area contributed by atoms with Gasteiger partial charge < -0.3 is 34.3 Å². The molecule has 1 fully saturated rings. The second kappa shape index (κ2) is 16.2. The minimum Gasteiger partial charge on any atom is -0.489 e. The maximum absolute atomic E-state index is 14.0. The van der Waals surface area contributed by atoms with Gasteiger partial charge in [0.15, 0.2) is 6.10 Å².